The van der Waals surface area contributed by atoms with Crippen molar-refractivity contribution in [2.24, 2.45) is 5.10 Å². The number of aromatic nitrogens is 1. The second-order valence-corrected chi connectivity index (χ2v) is 10.6. The Morgan fingerprint density at radius 2 is 1.64 bits per heavy atom. The summed E-state index contributed by atoms with van der Waals surface area (Å²) in [7, 11) is 0. The van der Waals surface area contributed by atoms with Crippen LogP contribution in [0.15, 0.2) is 84.0 Å². The van der Waals surface area contributed by atoms with Crippen LogP contribution in [-0.4, -0.2) is 29.7 Å². The third kappa shape index (κ3) is 6.40. The van der Waals surface area contributed by atoms with E-state index in [0.29, 0.717) is 44.1 Å². The number of hydrogen-bond acceptors (Lipinski definition) is 5. The van der Waals surface area contributed by atoms with Crippen LogP contribution in [0.4, 0.5) is 0 Å². The topological polar surface area (TPSA) is 92.8 Å². The lowest BCUT2D eigenvalue weighted by Gasteiger charge is -2.12. The maximum absolute atomic E-state index is 13.3. The van der Waals surface area contributed by atoms with Crippen LogP contribution in [0.2, 0.25) is 20.1 Å². The third-order valence-electron chi connectivity index (χ3n) is 6.13. The van der Waals surface area contributed by atoms with E-state index in [9.17, 15) is 9.59 Å². The van der Waals surface area contributed by atoms with Gasteiger partial charge in [0.2, 0.25) is 0 Å². The Hall–Kier alpha value is -4.01. The molecule has 0 aliphatic rings. The summed E-state index contributed by atoms with van der Waals surface area (Å²) >= 11 is 24.8. The zero-order chi connectivity index (χ0) is 29.8. The number of aromatic amines is 1. The summed E-state index contributed by atoms with van der Waals surface area (Å²) in [6.07, 6.45) is 1.44. The van der Waals surface area contributed by atoms with Crippen molar-refractivity contribution < 1.29 is 19.1 Å². The number of carbonyl (C=O) groups is 2. The molecule has 0 saturated carbocycles. The standard InChI is InChI=1S/C31H21Cl4N3O4/c1-2-41-27-13-17(7-12-26(27)42-31(40)21-10-8-19(33)15-24(21)35)16-36-38-30(39)29-28(20-5-3-4-6-23(20)34)22-14-18(32)9-11-25(22)37-29/h3-16,37H,2H2,1H3,(H,38,39). The van der Waals surface area contributed by atoms with E-state index >= 15 is 0 Å². The molecular weight excluding hydrogens is 620 g/mol. The van der Waals surface area contributed by atoms with Crippen molar-refractivity contribution in [2.45, 2.75) is 6.92 Å². The first-order chi connectivity index (χ1) is 20.2. The van der Waals surface area contributed by atoms with Crippen LogP contribution < -0.4 is 14.9 Å². The molecule has 0 spiro atoms. The lowest BCUT2D eigenvalue weighted by molar-refractivity contribution is 0.0728. The fourth-order valence-corrected chi connectivity index (χ4v) is 5.15. The van der Waals surface area contributed by atoms with E-state index in [0.717, 1.165) is 10.9 Å². The van der Waals surface area contributed by atoms with Gasteiger partial charge in [0, 0.05) is 37.1 Å². The summed E-state index contributed by atoms with van der Waals surface area (Å²) in [4.78, 5) is 29.1. The summed E-state index contributed by atoms with van der Waals surface area (Å²) in [6, 6.07) is 21.9. The lowest BCUT2D eigenvalue weighted by Crippen LogP contribution is -2.19. The Morgan fingerprint density at radius 1 is 0.881 bits per heavy atom. The van der Waals surface area contributed by atoms with Crippen LogP contribution in [0, 0.1) is 0 Å². The fourth-order valence-electron chi connectivity index (χ4n) is 4.27. The van der Waals surface area contributed by atoms with Crippen molar-refractivity contribution in [1.29, 1.82) is 0 Å². The summed E-state index contributed by atoms with van der Waals surface area (Å²) < 4.78 is 11.2. The van der Waals surface area contributed by atoms with Crippen molar-refractivity contribution in [3.8, 4) is 22.6 Å². The second-order valence-electron chi connectivity index (χ2n) is 8.90. The number of fused-ring (bicyclic) bond motifs is 1. The van der Waals surface area contributed by atoms with Gasteiger partial charge in [-0.3, -0.25) is 4.79 Å². The predicted molar refractivity (Wildman–Crippen MR) is 168 cm³/mol. The maximum Gasteiger partial charge on any atom is 0.345 e. The van der Waals surface area contributed by atoms with Gasteiger partial charge in [0.05, 0.1) is 23.4 Å². The number of benzene rings is 4. The van der Waals surface area contributed by atoms with Crippen LogP contribution in [0.1, 0.15) is 33.3 Å². The molecule has 1 amide bonds. The van der Waals surface area contributed by atoms with Gasteiger partial charge in [0.15, 0.2) is 11.5 Å². The fraction of sp³-hybridized carbons (Fsp3) is 0.0645. The highest BCUT2D eigenvalue weighted by Crippen LogP contribution is 2.37. The molecule has 0 aliphatic heterocycles. The highest BCUT2D eigenvalue weighted by atomic mass is 35.5. The number of carbonyl (C=O) groups excluding carboxylic acids is 2. The van der Waals surface area contributed by atoms with Crippen LogP contribution in [-0.2, 0) is 0 Å². The zero-order valence-corrected chi connectivity index (χ0v) is 24.9. The van der Waals surface area contributed by atoms with E-state index in [1.54, 1.807) is 55.5 Å². The summed E-state index contributed by atoms with van der Waals surface area (Å²) in [5.41, 5.74) is 5.57. The van der Waals surface area contributed by atoms with Crippen molar-refractivity contribution in [1.82, 2.24) is 10.4 Å². The first-order valence-electron chi connectivity index (χ1n) is 12.6. The number of nitrogens with one attached hydrogen (secondary N) is 2. The SMILES string of the molecule is CCOc1cc(C=NNC(=O)c2[nH]c3ccc(Cl)cc3c2-c2ccccc2Cl)ccc1OC(=O)c1ccc(Cl)cc1Cl. The monoisotopic (exact) mass is 639 g/mol. The highest BCUT2D eigenvalue weighted by molar-refractivity contribution is 6.36. The van der Waals surface area contributed by atoms with Gasteiger partial charge >= 0.3 is 5.97 Å². The number of hydrazone groups is 1. The first kappa shape index (κ1) is 29.5. The molecule has 0 aliphatic carbocycles. The number of nitrogens with zero attached hydrogens (tertiary/aromatic N) is 1. The van der Waals surface area contributed by atoms with E-state index in [2.05, 4.69) is 15.5 Å². The molecule has 5 rings (SSSR count). The maximum atomic E-state index is 13.3. The molecule has 7 nitrogen and oxygen atoms in total. The molecule has 212 valence electrons. The number of ether oxygens (including phenoxy) is 2. The molecule has 5 aromatic rings. The van der Waals surface area contributed by atoms with E-state index in [-0.39, 0.29) is 22.0 Å². The summed E-state index contributed by atoms with van der Waals surface area (Å²) in [5, 5.41) is 6.45. The van der Waals surface area contributed by atoms with Gasteiger partial charge in [-0.05, 0) is 73.2 Å². The molecule has 0 saturated heterocycles. The summed E-state index contributed by atoms with van der Waals surface area (Å²) in [5.74, 6) is -0.654. The minimum Gasteiger partial charge on any atom is -0.490 e. The van der Waals surface area contributed by atoms with E-state index < -0.39 is 11.9 Å². The number of rotatable bonds is 8. The van der Waals surface area contributed by atoms with Gasteiger partial charge in [-0.2, -0.15) is 5.10 Å². The molecule has 42 heavy (non-hydrogen) atoms. The van der Waals surface area contributed by atoms with Gasteiger partial charge < -0.3 is 14.5 Å². The van der Waals surface area contributed by atoms with E-state index in [4.69, 9.17) is 55.9 Å². The van der Waals surface area contributed by atoms with Gasteiger partial charge in [-0.15, -0.1) is 0 Å². The number of H-pyrrole nitrogens is 1. The molecule has 0 bridgehead atoms. The molecule has 0 fully saturated rings. The number of amides is 1. The van der Waals surface area contributed by atoms with Crippen molar-refractivity contribution >= 4 is 75.4 Å². The molecule has 1 heterocycles. The van der Waals surface area contributed by atoms with Crippen molar-refractivity contribution in [2.75, 3.05) is 6.61 Å². The highest BCUT2D eigenvalue weighted by Gasteiger charge is 2.21. The molecule has 0 atom stereocenters. The van der Waals surface area contributed by atoms with Crippen LogP contribution >= 0.6 is 46.4 Å². The minimum absolute atomic E-state index is 0.160. The second kappa shape index (κ2) is 12.9. The Bertz CT molecular complexity index is 1850. The Kier molecular flexibility index (Phi) is 9.04. The number of esters is 1. The quantitative estimate of drug-likeness (QED) is 0.0767. The smallest absolute Gasteiger partial charge is 0.345 e. The number of hydrogen-bond donors (Lipinski definition) is 2. The van der Waals surface area contributed by atoms with Gasteiger partial charge in [-0.1, -0.05) is 64.6 Å². The summed E-state index contributed by atoms with van der Waals surface area (Å²) in [6.45, 7) is 2.12. The van der Waals surface area contributed by atoms with Crippen LogP contribution in [0.5, 0.6) is 11.5 Å². The van der Waals surface area contributed by atoms with Crippen LogP contribution in [0.25, 0.3) is 22.0 Å². The van der Waals surface area contributed by atoms with E-state index in [1.807, 2.05) is 18.2 Å². The average Bonchev–Trinajstić information content (AvgIpc) is 3.33. The zero-order valence-electron chi connectivity index (χ0n) is 21.9. The molecule has 0 unspecified atom stereocenters. The Morgan fingerprint density at radius 3 is 2.40 bits per heavy atom. The number of halogens is 4. The van der Waals surface area contributed by atoms with Crippen molar-refractivity contribution in [3.63, 3.8) is 0 Å². The van der Waals surface area contributed by atoms with Crippen molar-refractivity contribution in [3.05, 3.63) is 116 Å². The largest absolute Gasteiger partial charge is 0.490 e. The molecule has 0 radical (unpaired) electrons. The van der Waals surface area contributed by atoms with E-state index in [1.165, 1.54) is 18.3 Å². The van der Waals surface area contributed by atoms with Gasteiger partial charge in [0.1, 0.15) is 5.69 Å². The van der Waals surface area contributed by atoms with Crippen LogP contribution in [0.3, 0.4) is 0 Å². The molecule has 4 aromatic carbocycles. The minimum atomic E-state index is -0.666. The lowest BCUT2D eigenvalue weighted by atomic mass is 10.0. The normalized spacial score (nSPS) is 11.2. The van der Waals surface area contributed by atoms with Gasteiger partial charge in [-0.25, -0.2) is 10.2 Å². The first-order valence-corrected chi connectivity index (χ1v) is 14.1. The van der Waals surface area contributed by atoms with Gasteiger partial charge in [0.25, 0.3) is 5.91 Å². The Balaban J connectivity index is 1.38. The molecule has 11 heteroatoms. The average molecular weight is 641 g/mol. The predicted octanol–water partition coefficient (Wildman–Crippen LogP) is 8.83. The molecular formula is C31H21Cl4N3O4. The Labute approximate surface area is 260 Å². The molecule has 2 N–H and O–H groups in total. The third-order valence-corrected chi connectivity index (χ3v) is 7.24. The molecule has 1 aromatic heterocycles.